The van der Waals surface area contributed by atoms with E-state index in [4.69, 9.17) is 0 Å². The van der Waals surface area contributed by atoms with Crippen LogP contribution in [0.1, 0.15) is 12.8 Å². The van der Waals surface area contributed by atoms with E-state index in [1.165, 1.54) is 0 Å². The van der Waals surface area contributed by atoms with Gasteiger partial charge in [-0.2, -0.15) is 0 Å². The summed E-state index contributed by atoms with van der Waals surface area (Å²) >= 11 is 0. The van der Waals surface area contributed by atoms with Crippen molar-refractivity contribution < 1.29 is 19.8 Å². The van der Waals surface area contributed by atoms with Gasteiger partial charge in [-0.15, -0.1) is 0 Å². The Hall–Kier alpha value is -2.10. The third-order valence-corrected chi connectivity index (χ3v) is 4.70. The van der Waals surface area contributed by atoms with Gasteiger partial charge in [-0.3, -0.25) is 9.59 Å². The monoisotopic (exact) mass is 242 g/mol. The summed E-state index contributed by atoms with van der Waals surface area (Å²) in [5.41, 5.74) is -0.756. The van der Waals surface area contributed by atoms with Gasteiger partial charge in [0.25, 0.3) is 0 Å². The number of carboxylic acids is 2. The van der Waals surface area contributed by atoms with Crippen LogP contribution in [0.15, 0.2) is 24.3 Å². The third kappa shape index (κ3) is 0.740. The normalized spacial score (nSPS) is 34.2. The fourth-order valence-corrected chi connectivity index (χ4v) is 3.69. The highest BCUT2D eigenvalue weighted by atomic mass is 16.4. The Balaban J connectivity index is 2.18. The summed E-state index contributed by atoms with van der Waals surface area (Å²) in [6.07, 6.45) is 0.740. The number of rotatable bonds is 2. The van der Waals surface area contributed by atoms with E-state index < -0.39 is 22.8 Å². The molecular formula is C14H10O4. The van der Waals surface area contributed by atoms with Crippen molar-refractivity contribution in [2.24, 2.45) is 10.8 Å². The van der Waals surface area contributed by atoms with Gasteiger partial charge in [0, 0.05) is 0 Å². The van der Waals surface area contributed by atoms with Crippen molar-refractivity contribution in [1.82, 2.24) is 0 Å². The summed E-state index contributed by atoms with van der Waals surface area (Å²) in [6.45, 7) is 0. The van der Waals surface area contributed by atoms with Gasteiger partial charge in [0.1, 0.15) is 10.8 Å². The van der Waals surface area contributed by atoms with E-state index in [-0.39, 0.29) is 0 Å². The molecule has 4 heteroatoms. The van der Waals surface area contributed by atoms with E-state index in [0.717, 1.165) is 21.6 Å². The molecule has 18 heavy (non-hydrogen) atoms. The van der Waals surface area contributed by atoms with Crippen molar-refractivity contribution >= 4 is 23.1 Å². The lowest BCUT2D eigenvalue weighted by atomic mass is 9.81. The van der Waals surface area contributed by atoms with Crippen LogP contribution in [0.5, 0.6) is 0 Å². The van der Waals surface area contributed by atoms with Crippen molar-refractivity contribution in [3.05, 3.63) is 34.7 Å². The zero-order valence-corrected chi connectivity index (χ0v) is 9.43. The van der Waals surface area contributed by atoms with Gasteiger partial charge in [-0.1, -0.05) is 24.3 Å². The Bertz CT molecular complexity index is 695. The molecule has 2 atom stereocenters. The lowest BCUT2D eigenvalue weighted by Gasteiger charge is -2.19. The molecule has 0 spiro atoms. The molecule has 0 aliphatic heterocycles. The summed E-state index contributed by atoms with van der Waals surface area (Å²) in [5.74, 6) is -1.99. The Morgan fingerprint density at radius 2 is 1.28 bits per heavy atom. The average molecular weight is 242 g/mol. The Morgan fingerprint density at radius 1 is 0.889 bits per heavy atom. The van der Waals surface area contributed by atoms with Crippen molar-refractivity contribution in [3.8, 4) is 0 Å². The summed E-state index contributed by atoms with van der Waals surface area (Å²) in [6, 6.07) is 7.53. The van der Waals surface area contributed by atoms with Crippen molar-refractivity contribution in [2.75, 3.05) is 0 Å². The second kappa shape index (κ2) is 2.51. The van der Waals surface area contributed by atoms with Gasteiger partial charge >= 0.3 is 11.9 Å². The summed E-state index contributed by atoms with van der Waals surface area (Å²) in [7, 11) is 0. The second-order valence-corrected chi connectivity index (χ2v) is 5.28. The standard InChI is InChI=1S/C14H10O4/c15-11(16)13-5-9(13)7-3-1-2-4-8(7)10-6-14(10,13)12(17)18/h1-4H,5-6H2,(H,15,16)(H,17,18). The Morgan fingerprint density at radius 3 is 1.61 bits per heavy atom. The maximum atomic E-state index is 11.6. The molecule has 90 valence electrons. The molecule has 0 amide bonds. The van der Waals surface area contributed by atoms with Crippen LogP contribution in [-0.4, -0.2) is 22.2 Å². The minimum absolute atomic E-state index is 0.370. The highest BCUT2D eigenvalue weighted by molar-refractivity contribution is 6.14. The zero-order valence-electron chi connectivity index (χ0n) is 9.43. The second-order valence-electron chi connectivity index (χ2n) is 5.28. The molecule has 2 unspecified atom stereocenters. The SMILES string of the molecule is O=C(O)C12CC1=c1ccccc1=C1CC12C(=O)O. The van der Waals surface area contributed by atoms with Crippen molar-refractivity contribution in [1.29, 1.82) is 0 Å². The van der Waals surface area contributed by atoms with E-state index in [1.54, 1.807) is 0 Å². The summed E-state index contributed by atoms with van der Waals surface area (Å²) < 4.78 is 0. The number of hydrogen-bond donors (Lipinski definition) is 2. The molecule has 2 N–H and O–H groups in total. The minimum atomic E-state index is -1.16. The van der Waals surface area contributed by atoms with Crippen LogP contribution in [0.3, 0.4) is 0 Å². The molecule has 1 aromatic carbocycles. The number of benzene rings is 1. The molecule has 4 rings (SSSR count). The fraction of sp³-hybridized carbons (Fsp3) is 0.286. The van der Waals surface area contributed by atoms with Crippen LogP contribution < -0.4 is 10.4 Å². The quantitative estimate of drug-likeness (QED) is 0.762. The summed E-state index contributed by atoms with van der Waals surface area (Å²) in [4.78, 5) is 23.2. The predicted molar refractivity (Wildman–Crippen MR) is 61.9 cm³/mol. The zero-order chi connectivity index (χ0) is 12.7. The molecule has 0 saturated heterocycles. The maximum absolute atomic E-state index is 11.6. The van der Waals surface area contributed by atoms with Crippen LogP contribution in [0.4, 0.5) is 0 Å². The lowest BCUT2D eigenvalue weighted by molar-refractivity contribution is -0.155. The van der Waals surface area contributed by atoms with Gasteiger partial charge < -0.3 is 10.2 Å². The van der Waals surface area contributed by atoms with Crippen LogP contribution in [-0.2, 0) is 9.59 Å². The van der Waals surface area contributed by atoms with E-state index in [1.807, 2.05) is 24.3 Å². The first-order valence-electron chi connectivity index (χ1n) is 5.85. The Kier molecular flexibility index (Phi) is 1.38. The van der Waals surface area contributed by atoms with Gasteiger partial charge in [0.2, 0.25) is 0 Å². The highest BCUT2D eigenvalue weighted by Crippen LogP contribution is 2.77. The average Bonchev–Trinajstić information content (AvgIpc) is 3.21. The van der Waals surface area contributed by atoms with Crippen LogP contribution in [0.2, 0.25) is 0 Å². The molecule has 3 aliphatic rings. The van der Waals surface area contributed by atoms with Crippen molar-refractivity contribution in [2.45, 2.75) is 12.8 Å². The van der Waals surface area contributed by atoms with Gasteiger partial charge in [-0.25, -0.2) is 0 Å². The van der Waals surface area contributed by atoms with Crippen LogP contribution in [0.25, 0.3) is 11.1 Å². The van der Waals surface area contributed by atoms with Gasteiger partial charge in [0.15, 0.2) is 0 Å². The number of carboxylic acid groups (broad SMARTS) is 2. The smallest absolute Gasteiger partial charge is 0.315 e. The molecule has 2 fully saturated rings. The number of aliphatic carboxylic acids is 2. The number of hydrogen-bond acceptors (Lipinski definition) is 2. The first-order valence-corrected chi connectivity index (χ1v) is 5.85. The van der Waals surface area contributed by atoms with Gasteiger partial charge in [0.05, 0.1) is 0 Å². The highest BCUT2D eigenvalue weighted by Gasteiger charge is 2.81. The van der Waals surface area contributed by atoms with E-state index in [2.05, 4.69) is 0 Å². The molecule has 1 aromatic rings. The molecule has 0 heterocycles. The molecule has 0 radical (unpaired) electrons. The third-order valence-electron chi connectivity index (χ3n) is 4.70. The first kappa shape index (κ1) is 9.88. The van der Waals surface area contributed by atoms with E-state index in [9.17, 15) is 19.8 Å². The minimum Gasteiger partial charge on any atom is -0.481 e. The fourth-order valence-electron chi connectivity index (χ4n) is 3.69. The molecule has 4 nitrogen and oxygen atoms in total. The largest absolute Gasteiger partial charge is 0.481 e. The molecule has 0 aromatic heterocycles. The maximum Gasteiger partial charge on any atom is 0.315 e. The molecular weight excluding hydrogens is 232 g/mol. The van der Waals surface area contributed by atoms with Crippen LogP contribution in [0, 0.1) is 10.8 Å². The number of fused-ring (bicyclic) bond motifs is 4. The topological polar surface area (TPSA) is 74.6 Å². The van der Waals surface area contributed by atoms with Gasteiger partial charge in [-0.05, 0) is 34.4 Å². The van der Waals surface area contributed by atoms with Crippen molar-refractivity contribution in [3.63, 3.8) is 0 Å². The first-order chi connectivity index (χ1) is 8.55. The number of carbonyl (C=O) groups is 2. The van der Waals surface area contributed by atoms with E-state index in [0.29, 0.717) is 12.8 Å². The lowest BCUT2D eigenvalue weighted by Crippen LogP contribution is -2.40. The summed E-state index contributed by atoms with van der Waals surface area (Å²) in [5, 5.41) is 20.8. The molecule has 0 bridgehead atoms. The molecule has 3 aliphatic carbocycles. The van der Waals surface area contributed by atoms with E-state index >= 15 is 0 Å². The Labute approximate surface area is 102 Å². The van der Waals surface area contributed by atoms with Crippen LogP contribution >= 0.6 is 0 Å². The molecule has 2 saturated carbocycles. The predicted octanol–water partition coefficient (Wildman–Crippen LogP) is -0.0490.